The van der Waals surface area contributed by atoms with E-state index >= 15 is 0 Å². The Morgan fingerprint density at radius 2 is 1.62 bits per heavy atom. The predicted octanol–water partition coefficient (Wildman–Crippen LogP) is 2.80. The van der Waals surface area contributed by atoms with Gasteiger partial charge in [0.1, 0.15) is 17.6 Å². The van der Waals surface area contributed by atoms with E-state index in [1.807, 2.05) is 30.3 Å². The fourth-order valence-electron chi connectivity index (χ4n) is 8.72. The van der Waals surface area contributed by atoms with E-state index in [2.05, 4.69) is 25.7 Å². The van der Waals surface area contributed by atoms with Crippen LogP contribution in [-0.2, 0) is 35.7 Å². The summed E-state index contributed by atoms with van der Waals surface area (Å²) in [4.78, 5) is 70.2. The van der Waals surface area contributed by atoms with Crippen LogP contribution in [-0.4, -0.2) is 87.1 Å². The van der Waals surface area contributed by atoms with Gasteiger partial charge in [-0.3, -0.25) is 24.0 Å². The van der Waals surface area contributed by atoms with Crippen molar-refractivity contribution >= 4 is 50.2 Å². The number of likely N-dealkylation sites (tertiary alicyclic amines) is 1. The zero-order valence-electron chi connectivity index (χ0n) is 31.0. The molecule has 4 aliphatic rings. The van der Waals surface area contributed by atoms with E-state index in [0.29, 0.717) is 43.4 Å². The highest BCUT2D eigenvalue weighted by Crippen LogP contribution is 2.35. The molecule has 1 unspecified atom stereocenters. The van der Waals surface area contributed by atoms with Crippen molar-refractivity contribution in [2.45, 2.75) is 125 Å². The molecule has 0 spiro atoms. The summed E-state index contributed by atoms with van der Waals surface area (Å²) in [7, 11) is -3.52. The van der Waals surface area contributed by atoms with Gasteiger partial charge in [-0.15, -0.1) is 5.10 Å². The van der Waals surface area contributed by atoms with Gasteiger partial charge in [-0.1, -0.05) is 86.9 Å². The van der Waals surface area contributed by atoms with Crippen molar-refractivity contribution in [3.63, 3.8) is 0 Å². The molecule has 4 fully saturated rings. The molecule has 2 aromatic carbocycles. The molecule has 1 saturated heterocycles. The predicted molar refractivity (Wildman–Crippen MR) is 203 cm³/mol. The van der Waals surface area contributed by atoms with Gasteiger partial charge >= 0.3 is 0 Å². The number of fused-ring (bicyclic) bond motifs is 1. The second-order valence-corrected chi connectivity index (χ2v) is 17.8. The summed E-state index contributed by atoms with van der Waals surface area (Å²) in [6.07, 6.45) is 10.6. The second-order valence-electron chi connectivity index (χ2n) is 15.8. The third-order valence-corrected chi connectivity index (χ3v) is 13.8. The van der Waals surface area contributed by atoms with Crippen LogP contribution in [0.25, 0.3) is 10.8 Å². The molecule has 55 heavy (non-hydrogen) atoms. The number of benzene rings is 2. The number of aromatic nitrogens is 3. The third-order valence-electron chi connectivity index (χ3n) is 11.9. The Morgan fingerprint density at radius 3 is 2.33 bits per heavy atom. The van der Waals surface area contributed by atoms with Crippen LogP contribution in [0.5, 0.6) is 0 Å². The van der Waals surface area contributed by atoms with Crippen molar-refractivity contribution in [2.75, 3.05) is 6.54 Å². The van der Waals surface area contributed by atoms with Crippen LogP contribution in [0.3, 0.4) is 0 Å². The Balaban J connectivity index is 1.19. The van der Waals surface area contributed by atoms with E-state index in [0.717, 1.165) is 49.3 Å². The van der Waals surface area contributed by atoms with Crippen LogP contribution in [0, 0.1) is 5.92 Å². The van der Waals surface area contributed by atoms with Crippen LogP contribution in [0.15, 0.2) is 48.7 Å². The lowest BCUT2D eigenvalue weighted by Crippen LogP contribution is -2.62. The van der Waals surface area contributed by atoms with Crippen LogP contribution in [0.1, 0.15) is 112 Å². The monoisotopic (exact) mass is 774 g/mol. The minimum Gasteiger partial charge on any atom is -0.363 e. The lowest BCUT2D eigenvalue weighted by atomic mass is 9.78. The highest BCUT2D eigenvalue weighted by molar-refractivity contribution is 7.90. The van der Waals surface area contributed by atoms with Gasteiger partial charge < -0.3 is 21.3 Å². The molecule has 5 N–H and O–H groups in total. The standard InChI is InChI=1S/C39H50N8O7S/c40-35(49)34(48)39(17-7-2-8-18-39)44-37(51)33-21-29(47-30(22-41-45-47)23-42-55(53,54)31-15-16-31)24-46(33)38(52)32(19-25-9-3-1-4-10-25)43-36(50)28-14-13-26-11-5-6-12-27(26)20-28/h5-6,11-14,20,22,25,29,31-33,42H,1-4,7-10,15-19,21,23-24H2,(H2,40,49)(H,43,50)(H,44,51)/t29-,32?,33-/m0/s1. The first-order valence-corrected chi connectivity index (χ1v) is 21.1. The van der Waals surface area contributed by atoms with Crippen LogP contribution >= 0.6 is 0 Å². The summed E-state index contributed by atoms with van der Waals surface area (Å²) in [6, 6.07) is 10.4. The quantitative estimate of drug-likeness (QED) is 0.177. The fourth-order valence-corrected chi connectivity index (χ4v) is 10.1. The topological polar surface area (TPSA) is 216 Å². The summed E-state index contributed by atoms with van der Waals surface area (Å²) in [5.74, 6) is -3.29. The Bertz CT molecular complexity index is 2050. The van der Waals surface area contributed by atoms with Gasteiger partial charge in [0.2, 0.25) is 27.6 Å². The van der Waals surface area contributed by atoms with Gasteiger partial charge in [-0.25, -0.2) is 17.8 Å². The number of carbonyl (C=O) groups excluding carboxylic acids is 5. The third kappa shape index (κ3) is 8.59. The summed E-state index contributed by atoms with van der Waals surface area (Å²) in [5, 5.41) is 15.6. The Kier molecular flexibility index (Phi) is 11.3. The highest BCUT2D eigenvalue weighted by Gasteiger charge is 2.49. The van der Waals surface area contributed by atoms with E-state index in [9.17, 15) is 32.4 Å². The maximum atomic E-state index is 14.9. The smallest absolute Gasteiger partial charge is 0.287 e. The Morgan fingerprint density at radius 1 is 0.909 bits per heavy atom. The van der Waals surface area contributed by atoms with Crippen molar-refractivity contribution < 1.29 is 32.4 Å². The van der Waals surface area contributed by atoms with Crippen molar-refractivity contribution in [3.05, 3.63) is 59.9 Å². The lowest BCUT2D eigenvalue weighted by molar-refractivity contribution is -0.145. The minimum atomic E-state index is -3.52. The van der Waals surface area contributed by atoms with Gasteiger partial charge in [-0.2, -0.15) is 0 Å². The van der Waals surface area contributed by atoms with Gasteiger partial charge in [0.25, 0.3) is 11.8 Å². The van der Waals surface area contributed by atoms with Crippen molar-refractivity contribution in [1.29, 1.82) is 0 Å². The molecule has 3 atom stereocenters. The normalized spacial score (nSPS) is 22.2. The largest absolute Gasteiger partial charge is 0.363 e. The number of nitrogens with zero attached hydrogens (tertiary/aromatic N) is 4. The first-order valence-electron chi connectivity index (χ1n) is 19.6. The highest BCUT2D eigenvalue weighted by atomic mass is 32.2. The molecule has 1 aromatic heterocycles. The number of Topliss-reactive ketones (excluding diaryl/α,β-unsaturated/α-hetero) is 1. The van der Waals surface area contributed by atoms with E-state index < -0.39 is 68.3 Å². The molecule has 16 heteroatoms. The number of primary amides is 1. The molecule has 0 bridgehead atoms. The van der Waals surface area contributed by atoms with E-state index in [4.69, 9.17) is 5.73 Å². The number of sulfonamides is 1. The first-order chi connectivity index (χ1) is 26.4. The molecular formula is C39H50N8O7S. The summed E-state index contributed by atoms with van der Waals surface area (Å²) < 4.78 is 29.5. The molecule has 2 heterocycles. The van der Waals surface area contributed by atoms with Crippen molar-refractivity contribution in [3.8, 4) is 0 Å². The molecule has 0 radical (unpaired) electrons. The van der Waals surface area contributed by atoms with Gasteiger partial charge in [0.05, 0.1) is 29.7 Å². The number of carbonyl (C=O) groups is 5. The average Bonchev–Trinajstić information content (AvgIpc) is 3.81. The molecule has 1 aliphatic heterocycles. The maximum absolute atomic E-state index is 14.9. The van der Waals surface area contributed by atoms with Gasteiger partial charge in [0, 0.05) is 18.5 Å². The van der Waals surface area contributed by atoms with E-state index in [1.165, 1.54) is 15.8 Å². The number of hydrogen-bond acceptors (Lipinski definition) is 9. The number of hydrogen-bond donors (Lipinski definition) is 4. The molecule has 4 amide bonds. The fraction of sp³-hybridized carbons (Fsp3) is 0.564. The average molecular weight is 775 g/mol. The van der Waals surface area contributed by atoms with Crippen molar-refractivity contribution in [1.82, 2.24) is 35.2 Å². The SMILES string of the molecule is NC(=O)C(=O)C1(NC(=O)[C@@H]2C[C@H](n3nncc3CNS(=O)(=O)C3CC3)CN2C(=O)C(CC2CCCCC2)NC(=O)c2ccc3ccccc3c2)CCCCC1. The Hall–Kier alpha value is -4.70. The number of ketones is 1. The van der Waals surface area contributed by atoms with Gasteiger partial charge in [-0.05, 0) is 60.9 Å². The van der Waals surface area contributed by atoms with E-state index in [1.54, 1.807) is 12.1 Å². The first kappa shape index (κ1) is 38.6. The molecule has 3 saturated carbocycles. The Labute approximate surface area is 320 Å². The molecule has 3 aromatic rings. The lowest BCUT2D eigenvalue weighted by Gasteiger charge is -2.38. The summed E-state index contributed by atoms with van der Waals surface area (Å²) in [5.41, 5.74) is 4.85. The zero-order valence-corrected chi connectivity index (χ0v) is 31.8. The second kappa shape index (κ2) is 16.2. The molecule has 294 valence electrons. The van der Waals surface area contributed by atoms with Crippen LogP contribution < -0.4 is 21.1 Å². The zero-order chi connectivity index (χ0) is 38.7. The molecular weight excluding hydrogens is 725 g/mol. The number of nitrogens with two attached hydrogens (primary N) is 1. The number of amides is 4. The summed E-state index contributed by atoms with van der Waals surface area (Å²) in [6.45, 7) is -0.0675. The summed E-state index contributed by atoms with van der Waals surface area (Å²) >= 11 is 0. The molecule has 3 aliphatic carbocycles. The molecule has 7 rings (SSSR count). The van der Waals surface area contributed by atoms with Crippen LogP contribution in [0.4, 0.5) is 0 Å². The van der Waals surface area contributed by atoms with Crippen molar-refractivity contribution in [2.24, 2.45) is 11.7 Å². The van der Waals surface area contributed by atoms with Gasteiger partial charge in [0.15, 0.2) is 0 Å². The maximum Gasteiger partial charge on any atom is 0.287 e. The van der Waals surface area contributed by atoms with E-state index in [-0.39, 0.29) is 38.3 Å². The molecule has 15 nitrogen and oxygen atoms in total. The minimum absolute atomic E-state index is 0.00638. The van der Waals surface area contributed by atoms with Crippen LogP contribution in [0.2, 0.25) is 0 Å². The number of rotatable bonds is 14. The number of nitrogens with one attached hydrogen (secondary N) is 3.